The summed E-state index contributed by atoms with van der Waals surface area (Å²) in [5.41, 5.74) is 7.18. The van der Waals surface area contributed by atoms with Gasteiger partial charge in [-0.1, -0.05) is 19.1 Å². The van der Waals surface area contributed by atoms with Crippen molar-refractivity contribution in [3.63, 3.8) is 0 Å². The van der Waals surface area contributed by atoms with Gasteiger partial charge in [0.25, 0.3) is 0 Å². The van der Waals surface area contributed by atoms with Gasteiger partial charge in [-0.05, 0) is 43.6 Å². The molecule has 4 nitrogen and oxygen atoms in total. The fourth-order valence-corrected chi connectivity index (χ4v) is 3.15. The maximum atomic E-state index is 5.92. The van der Waals surface area contributed by atoms with Crippen LogP contribution in [0.1, 0.15) is 44.7 Å². The molecule has 1 aliphatic carbocycles. The van der Waals surface area contributed by atoms with Gasteiger partial charge in [0.05, 0.1) is 11.9 Å². The van der Waals surface area contributed by atoms with E-state index >= 15 is 0 Å². The Morgan fingerprint density at radius 2 is 2.24 bits per heavy atom. The summed E-state index contributed by atoms with van der Waals surface area (Å²) in [5, 5.41) is 8.06. The third-order valence-corrected chi connectivity index (χ3v) is 4.41. The first-order valence-corrected chi connectivity index (χ1v) is 6.68. The number of hydrogen-bond donors (Lipinski definition) is 1. The summed E-state index contributed by atoms with van der Waals surface area (Å²) >= 11 is 0. The average molecular weight is 236 g/mol. The molecule has 4 heteroatoms. The fraction of sp³-hybridized carbons (Fsp3) is 0.846. The molecular formula is C13H24N4. The van der Waals surface area contributed by atoms with Crippen LogP contribution >= 0.6 is 0 Å². The number of rotatable bonds is 3. The summed E-state index contributed by atoms with van der Waals surface area (Å²) in [6, 6.07) is 0. The number of nitrogens with zero attached hydrogens (tertiary/aromatic N) is 3. The van der Waals surface area contributed by atoms with Crippen LogP contribution in [0.3, 0.4) is 0 Å². The van der Waals surface area contributed by atoms with E-state index in [-0.39, 0.29) is 0 Å². The molecule has 1 aromatic heterocycles. The van der Waals surface area contributed by atoms with Crippen molar-refractivity contribution in [2.24, 2.45) is 30.5 Å². The van der Waals surface area contributed by atoms with Crippen LogP contribution < -0.4 is 5.73 Å². The van der Waals surface area contributed by atoms with Crippen molar-refractivity contribution in [3.05, 3.63) is 11.9 Å². The minimum atomic E-state index is 0.543. The van der Waals surface area contributed by atoms with E-state index in [9.17, 15) is 0 Å². The Balaban J connectivity index is 2.18. The normalized spacial score (nSPS) is 29.8. The second-order valence-corrected chi connectivity index (χ2v) is 5.70. The Labute approximate surface area is 104 Å². The Kier molecular flexibility index (Phi) is 3.82. The predicted molar refractivity (Wildman–Crippen MR) is 68.5 cm³/mol. The van der Waals surface area contributed by atoms with Gasteiger partial charge >= 0.3 is 0 Å². The van der Waals surface area contributed by atoms with Crippen LogP contribution in [0.4, 0.5) is 0 Å². The Morgan fingerprint density at radius 1 is 1.47 bits per heavy atom. The van der Waals surface area contributed by atoms with Crippen LogP contribution in [0, 0.1) is 17.8 Å². The first-order chi connectivity index (χ1) is 8.13. The largest absolute Gasteiger partial charge is 0.330 e. The van der Waals surface area contributed by atoms with Crippen molar-refractivity contribution in [2.45, 2.75) is 39.0 Å². The van der Waals surface area contributed by atoms with Crippen LogP contribution in [0.25, 0.3) is 0 Å². The van der Waals surface area contributed by atoms with Crippen LogP contribution in [-0.2, 0) is 7.05 Å². The highest BCUT2D eigenvalue weighted by Gasteiger charge is 2.33. The molecule has 96 valence electrons. The number of nitrogens with two attached hydrogens (primary N) is 1. The fourth-order valence-electron chi connectivity index (χ4n) is 3.15. The Bertz CT molecular complexity index is 358. The Morgan fingerprint density at radius 3 is 2.76 bits per heavy atom. The molecule has 3 atom stereocenters. The van der Waals surface area contributed by atoms with Crippen molar-refractivity contribution < 1.29 is 0 Å². The molecule has 1 aromatic rings. The minimum Gasteiger partial charge on any atom is -0.330 e. The molecule has 1 fully saturated rings. The summed E-state index contributed by atoms with van der Waals surface area (Å²) in [7, 11) is 1.98. The van der Waals surface area contributed by atoms with Gasteiger partial charge in [-0.25, -0.2) is 0 Å². The van der Waals surface area contributed by atoms with E-state index < -0.39 is 0 Å². The lowest BCUT2D eigenvalue weighted by atomic mass is 9.69. The molecule has 2 N–H and O–H groups in total. The SMILES string of the molecule is CC(C)C1CCC(CN)C(c2cnnn2C)C1. The average Bonchev–Trinajstić information content (AvgIpc) is 2.74. The molecule has 0 saturated heterocycles. The molecule has 0 spiro atoms. The first kappa shape index (κ1) is 12.6. The van der Waals surface area contributed by atoms with Crippen molar-refractivity contribution in [1.82, 2.24) is 15.0 Å². The Hall–Kier alpha value is -0.900. The second kappa shape index (κ2) is 5.17. The predicted octanol–water partition coefficient (Wildman–Crippen LogP) is 1.93. The van der Waals surface area contributed by atoms with E-state index in [2.05, 4.69) is 24.2 Å². The van der Waals surface area contributed by atoms with Crippen LogP contribution in [-0.4, -0.2) is 21.5 Å². The van der Waals surface area contributed by atoms with Crippen molar-refractivity contribution in [1.29, 1.82) is 0 Å². The van der Waals surface area contributed by atoms with Crippen molar-refractivity contribution in [2.75, 3.05) is 6.54 Å². The second-order valence-electron chi connectivity index (χ2n) is 5.70. The molecule has 0 bridgehead atoms. The van der Waals surface area contributed by atoms with Gasteiger partial charge in [0.15, 0.2) is 0 Å². The van der Waals surface area contributed by atoms with Gasteiger partial charge in [-0.3, -0.25) is 4.68 Å². The lowest BCUT2D eigenvalue weighted by molar-refractivity contribution is 0.192. The molecule has 1 heterocycles. The zero-order valence-electron chi connectivity index (χ0n) is 11.1. The lowest BCUT2D eigenvalue weighted by Crippen LogP contribution is -2.31. The standard InChI is InChI=1S/C13H24N4/c1-9(2)10-4-5-11(7-14)12(6-10)13-8-15-16-17(13)3/h8-12H,4-7,14H2,1-3H3. The molecule has 0 aromatic carbocycles. The number of hydrogen-bond acceptors (Lipinski definition) is 3. The van der Waals surface area contributed by atoms with Crippen LogP contribution in [0.5, 0.6) is 0 Å². The highest BCUT2D eigenvalue weighted by molar-refractivity contribution is 5.07. The van der Waals surface area contributed by atoms with E-state index in [1.807, 2.05) is 17.9 Å². The third-order valence-electron chi connectivity index (χ3n) is 4.41. The molecule has 3 unspecified atom stereocenters. The zero-order chi connectivity index (χ0) is 12.4. The van der Waals surface area contributed by atoms with Gasteiger partial charge in [-0.15, -0.1) is 5.10 Å². The summed E-state index contributed by atoms with van der Waals surface area (Å²) in [6.45, 7) is 5.43. The minimum absolute atomic E-state index is 0.543. The van der Waals surface area contributed by atoms with Gasteiger partial charge < -0.3 is 5.73 Å². The van der Waals surface area contributed by atoms with E-state index in [4.69, 9.17) is 5.73 Å². The molecular weight excluding hydrogens is 212 g/mol. The summed E-state index contributed by atoms with van der Waals surface area (Å²) < 4.78 is 1.91. The maximum absolute atomic E-state index is 5.92. The van der Waals surface area contributed by atoms with Gasteiger partial charge in [-0.2, -0.15) is 0 Å². The molecule has 0 amide bonds. The zero-order valence-corrected chi connectivity index (χ0v) is 11.1. The molecule has 1 aliphatic rings. The molecule has 1 saturated carbocycles. The molecule has 0 aliphatic heterocycles. The van der Waals surface area contributed by atoms with Gasteiger partial charge in [0.1, 0.15) is 0 Å². The van der Waals surface area contributed by atoms with Crippen LogP contribution in [0.15, 0.2) is 6.20 Å². The van der Waals surface area contributed by atoms with E-state index in [0.29, 0.717) is 11.8 Å². The smallest absolute Gasteiger partial charge is 0.0728 e. The van der Waals surface area contributed by atoms with E-state index in [1.54, 1.807) is 0 Å². The summed E-state index contributed by atoms with van der Waals surface area (Å²) in [4.78, 5) is 0. The quantitative estimate of drug-likeness (QED) is 0.872. The third kappa shape index (κ3) is 2.51. The highest BCUT2D eigenvalue weighted by atomic mass is 15.4. The van der Waals surface area contributed by atoms with Gasteiger partial charge in [0.2, 0.25) is 0 Å². The molecule has 17 heavy (non-hydrogen) atoms. The van der Waals surface area contributed by atoms with E-state index in [1.165, 1.54) is 25.0 Å². The number of aromatic nitrogens is 3. The summed E-state index contributed by atoms with van der Waals surface area (Å²) in [5.74, 6) is 2.72. The molecule has 2 rings (SSSR count). The lowest BCUT2D eigenvalue weighted by Gasteiger charge is -2.37. The maximum Gasteiger partial charge on any atom is 0.0728 e. The first-order valence-electron chi connectivity index (χ1n) is 6.68. The molecule has 0 radical (unpaired) electrons. The topological polar surface area (TPSA) is 56.7 Å². The summed E-state index contributed by atoms with van der Waals surface area (Å²) in [6.07, 6.45) is 5.72. The number of aryl methyl sites for hydroxylation is 1. The monoisotopic (exact) mass is 236 g/mol. The van der Waals surface area contributed by atoms with Crippen molar-refractivity contribution >= 4 is 0 Å². The van der Waals surface area contributed by atoms with Crippen molar-refractivity contribution in [3.8, 4) is 0 Å². The van der Waals surface area contributed by atoms with Crippen LogP contribution in [0.2, 0.25) is 0 Å². The van der Waals surface area contributed by atoms with E-state index in [0.717, 1.165) is 18.4 Å². The highest BCUT2D eigenvalue weighted by Crippen LogP contribution is 2.42. The van der Waals surface area contributed by atoms with Gasteiger partial charge in [0, 0.05) is 13.0 Å².